The van der Waals surface area contributed by atoms with E-state index in [-0.39, 0.29) is 0 Å². The van der Waals surface area contributed by atoms with E-state index in [4.69, 9.17) is 4.74 Å². The van der Waals surface area contributed by atoms with Gasteiger partial charge in [0.1, 0.15) is 11.5 Å². The van der Waals surface area contributed by atoms with Crippen molar-refractivity contribution in [3.63, 3.8) is 0 Å². The van der Waals surface area contributed by atoms with Gasteiger partial charge < -0.3 is 14.7 Å². The van der Waals surface area contributed by atoms with E-state index >= 15 is 0 Å². The minimum absolute atomic E-state index is 0.413. The minimum Gasteiger partial charge on any atom is -0.508 e. The molecule has 0 unspecified atom stereocenters. The zero-order chi connectivity index (χ0) is 16.8. The van der Waals surface area contributed by atoms with Gasteiger partial charge in [-0.2, -0.15) is 0 Å². The van der Waals surface area contributed by atoms with Gasteiger partial charge in [0.25, 0.3) is 0 Å². The number of benzene rings is 2. The number of hydrogen-bond acceptors (Lipinski definition) is 4. The molecule has 2 aromatic rings. The highest BCUT2D eigenvalue weighted by Gasteiger charge is 2.17. The van der Waals surface area contributed by atoms with Crippen molar-refractivity contribution < 1.29 is 9.84 Å². The van der Waals surface area contributed by atoms with Crippen LogP contribution in [0, 0.1) is 0 Å². The second-order valence-corrected chi connectivity index (χ2v) is 6.34. The first-order valence-corrected chi connectivity index (χ1v) is 8.59. The molecule has 0 aromatic heterocycles. The number of phenolic OH excluding ortho intramolecular Hbond substituents is 1. The van der Waals surface area contributed by atoms with Gasteiger partial charge in [-0.1, -0.05) is 30.3 Å². The molecule has 1 saturated heterocycles. The number of ether oxygens (including phenoxy) is 1. The normalized spacial score (nSPS) is 16.2. The maximum atomic E-state index is 9.85. The van der Waals surface area contributed by atoms with Crippen LogP contribution in [0.5, 0.6) is 11.5 Å². The van der Waals surface area contributed by atoms with Gasteiger partial charge in [-0.15, -0.1) is 0 Å². The summed E-state index contributed by atoms with van der Waals surface area (Å²) in [6.45, 7) is 6.36. The summed E-state index contributed by atoms with van der Waals surface area (Å²) in [5.74, 6) is 1.32. The number of hydrogen-bond donors (Lipinski definition) is 1. The Kier molecular flexibility index (Phi) is 5.72. The molecule has 0 amide bonds. The number of nitrogens with zero attached hydrogens (tertiary/aromatic N) is 2. The van der Waals surface area contributed by atoms with Crippen molar-refractivity contribution in [3.8, 4) is 11.5 Å². The van der Waals surface area contributed by atoms with Crippen molar-refractivity contribution in [2.75, 3.05) is 39.8 Å². The average Bonchev–Trinajstić information content (AvgIpc) is 2.63. The average molecular weight is 326 g/mol. The molecule has 0 spiro atoms. The fraction of sp³-hybridized carbons (Fsp3) is 0.400. The fourth-order valence-electron chi connectivity index (χ4n) is 3.16. The lowest BCUT2D eigenvalue weighted by Crippen LogP contribution is -2.46. The van der Waals surface area contributed by atoms with E-state index in [0.717, 1.165) is 57.0 Å². The van der Waals surface area contributed by atoms with Crippen molar-refractivity contribution in [2.24, 2.45) is 0 Å². The second-order valence-electron chi connectivity index (χ2n) is 6.34. The molecule has 0 radical (unpaired) electrons. The zero-order valence-electron chi connectivity index (χ0n) is 14.3. The van der Waals surface area contributed by atoms with Crippen LogP contribution in [-0.2, 0) is 13.0 Å². The Bertz CT molecular complexity index is 634. The summed E-state index contributed by atoms with van der Waals surface area (Å²) in [5.41, 5.74) is 2.37. The molecule has 1 heterocycles. The van der Waals surface area contributed by atoms with Crippen molar-refractivity contribution in [3.05, 3.63) is 59.7 Å². The van der Waals surface area contributed by atoms with Gasteiger partial charge in [0.05, 0.1) is 7.11 Å². The molecule has 0 aliphatic carbocycles. The highest BCUT2D eigenvalue weighted by molar-refractivity contribution is 5.32. The number of phenols is 1. The summed E-state index contributed by atoms with van der Waals surface area (Å²) >= 11 is 0. The number of piperazine rings is 1. The Labute approximate surface area is 144 Å². The van der Waals surface area contributed by atoms with Crippen LogP contribution >= 0.6 is 0 Å². The number of methoxy groups -OCH3 is 1. The van der Waals surface area contributed by atoms with Crippen molar-refractivity contribution >= 4 is 0 Å². The molecule has 2 aromatic carbocycles. The topological polar surface area (TPSA) is 35.9 Å². The van der Waals surface area contributed by atoms with Gasteiger partial charge in [0.15, 0.2) is 0 Å². The quantitative estimate of drug-likeness (QED) is 0.885. The van der Waals surface area contributed by atoms with Crippen LogP contribution in [0.25, 0.3) is 0 Å². The molecule has 0 bridgehead atoms. The number of rotatable bonds is 6. The molecule has 1 aliphatic rings. The fourth-order valence-corrected chi connectivity index (χ4v) is 3.16. The number of aromatic hydroxyl groups is 1. The first-order valence-electron chi connectivity index (χ1n) is 8.59. The van der Waals surface area contributed by atoms with Crippen molar-refractivity contribution in [1.29, 1.82) is 0 Å². The Morgan fingerprint density at radius 2 is 1.58 bits per heavy atom. The largest absolute Gasteiger partial charge is 0.508 e. The van der Waals surface area contributed by atoms with E-state index in [1.54, 1.807) is 13.2 Å². The summed E-state index contributed by atoms with van der Waals surface area (Å²) in [6, 6.07) is 16.0. The molecule has 1 N–H and O–H groups in total. The highest BCUT2D eigenvalue weighted by atomic mass is 16.5. The molecule has 24 heavy (non-hydrogen) atoms. The van der Waals surface area contributed by atoms with Gasteiger partial charge in [-0.05, 0) is 35.7 Å². The Morgan fingerprint density at radius 3 is 2.25 bits per heavy atom. The van der Waals surface area contributed by atoms with E-state index < -0.39 is 0 Å². The first-order chi connectivity index (χ1) is 11.7. The third kappa shape index (κ3) is 4.49. The summed E-state index contributed by atoms with van der Waals surface area (Å²) in [5, 5.41) is 9.85. The van der Waals surface area contributed by atoms with Crippen LogP contribution in [0.15, 0.2) is 48.5 Å². The number of para-hydroxylation sites is 1. The molecule has 0 atom stereocenters. The van der Waals surface area contributed by atoms with E-state index in [1.807, 2.05) is 30.3 Å². The smallest absolute Gasteiger partial charge is 0.118 e. The third-order valence-corrected chi connectivity index (χ3v) is 4.72. The Hall–Kier alpha value is -2.04. The summed E-state index contributed by atoms with van der Waals surface area (Å²) in [7, 11) is 1.70. The third-order valence-electron chi connectivity index (χ3n) is 4.72. The molecule has 128 valence electrons. The summed E-state index contributed by atoms with van der Waals surface area (Å²) < 4.78 is 5.21. The van der Waals surface area contributed by atoms with Crippen LogP contribution in [0.2, 0.25) is 0 Å². The summed E-state index contributed by atoms with van der Waals surface area (Å²) in [4.78, 5) is 4.98. The van der Waals surface area contributed by atoms with Crippen molar-refractivity contribution in [2.45, 2.75) is 13.0 Å². The van der Waals surface area contributed by atoms with Crippen molar-refractivity contribution in [1.82, 2.24) is 9.80 Å². The van der Waals surface area contributed by atoms with Gasteiger partial charge in [0, 0.05) is 39.3 Å². The monoisotopic (exact) mass is 326 g/mol. The maximum absolute atomic E-state index is 9.85. The van der Waals surface area contributed by atoms with Crippen LogP contribution in [0.4, 0.5) is 0 Å². The standard InChI is InChI=1S/C20H26N2O2/c1-24-19-8-6-17(7-9-19)16-22-14-12-21(13-15-22)11-10-18-4-2-3-5-20(18)23/h2-9,23H,10-16H2,1H3. The van der Waals surface area contributed by atoms with Crippen LogP contribution in [-0.4, -0.2) is 54.7 Å². The highest BCUT2D eigenvalue weighted by Crippen LogP contribution is 2.17. The lowest BCUT2D eigenvalue weighted by atomic mass is 10.1. The van der Waals surface area contributed by atoms with E-state index in [0.29, 0.717) is 5.75 Å². The molecule has 0 saturated carbocycles. The van der Waals surface area contributed by atoms with Crippen LogP contribution < -0.4 is 4.74 Å². The maximum Gasteiger partial charge on any atom is 0.118 e. The SMILES string of the molecule is COc1ccc(CN2CCN(CCc3ccccc3O)CC2)cc1. The Morgan fingerprint density at radius 1 is 0.917 bits per heavy atom. The molecular weight excluding hydrogens is 300 g/mol. The lowest BCUT2D eigenvalue weighted by Gasteiger charge is -2.34. The second kappa shape index (κ2) is 8.18. The molecular formula is C20H26N2O2. The van der Waals surface area contributed by atoms with E-state index in [9.17, 15) is 5.11 Å². The van der Waals surface area contributed by atoms with Gasteiger partial charge in [-0.25, -0.2) is 0 Å². The van der Waals surface area contributed by atoms with Gasteiger partial charge >= 0.3 is 0 Å². The van der Waals surface area contributed by atoms with E-state index in [2.05, 4.69) is 21.9 Å². The molecule has 4 heteroatoms. The molecule has 4 nitrogen and oxygen atoms in total. The molecule has 3 rings (SSSR count). The predicted molar refractivity (Wildman–Crippen MR) is 96.5 cm³/mol. The van der Waals surface area contributed by atoms with Gasteiger partial charge in [-0.3, -0.25) is 4.90 Å². The zero-order valence-corrected chi connectivity index (χ0v) is 14.3. The predicted octanol–water partition coefficient (Wildman–Crippen LogP) is 2.76. The minimum atomic E-state index is 0.413. The molecule has 1 fully saturated rings. The van der Waals surface area contributed by atoms with Crippen LogP contribution in [0.1, 0.15) is 11.1 Å². The lowest BCUT2D eigenvalue weighted by molar-refractivity contribution is 0.128. The molecule has 1 aliphatic heterocycles. The Balaban J connectivity index is 1.43. The van der Waals surface area contributed by atoms with E-state index in [1.165, 1.54) is 5.56 Å². The van der Waals surface area contributed by atoms with Gasteiger partial charge in [0.2, 0.25) is 0 Å². The summed E-state index contributed by atoms with van der Waals surface area (Å²) in [6.07, 6.45) is 0.908. The first kappa shape index (κ1) is 16.8. The van der Waals surface area contributed by atoms with Crippen LogP contribution in [0.3, 0.4) is 0 Å².